The minimum absolute atomic E-state index is 0.0151. The number of hydrogen-bond donors (Lipinski definition) is 3. The van der Waals surface area contributed by atoms with Crippen LogP contribution < -0.4 is 11.1 Å². The standard InChI is InChI=1S/C19H23N7O4/c1-25-8-6-12(24-25)11-9-26(18-16(11)17(20)22-10-23-18)14-5-4-13(30-14)19(29)21-7-2-3-15(27)28/h6,8-10,13-14H,2-5,7H2,1H3,(H,21,29)(H,27,28)(H2,20,22,23). The number of carbonyl (C=O) groups is 2. The van der Waals surface area contributed by atoms with Crippen LogP contribution >= 0.6 is 0 Å². The number of carbonyl (C=O) groups excluding carboxylic acids is 1. The van der Waals surface area contributed by atoms with Gasteiger partial charge in [-0.3, -0.25) is 14.3 Å². The van der Waals surface area contributed by atoms with Crippen LogP contribution in [0.2, 0.25) is 0 Å². The zero-order valence-corrected chi connectivity index (χ0v) is 16.5. The van der Waals surface area contributed by atoms with Gasteiger partial charge in [0, 0.05) is 38.0 Å². The molecule has 0 bridgehead atoms. The molecule has 4 heterocycles. The van der Waals surface area contributed by atoms with Crippen LogP contribution in [0.5, 0.6) is 0 Å². The predicted molar refractivity (Wildman–Crippen MR) is 107 cm³/mol. The van der Waals surface area contributed by atoms with Gasteiger partial charge in [-0.2, -0.15) is 5.10 Å². The SMILES string of the molecule is Cn1ccc(-c2cn(C3CCC(C(=O)NCCCC(=O)O)O3)c3ncnc(N)c23)n1. The number of aromatic nitrogens is 5. The van der Waals surface area contributed by atoms with Crippen molar-refractivity contribution in [2.24, 2.45) is 7.05 Å². The average molecular weight is 413 g/mol. The second kappa shape index (κ2) is 8.11. The molecule has 1 aliphatic heterocycles. The molecule has 0 saturated carbocycles. The van der Waals surface area contributed by atoms with Gasteiger partial charge >= 0.3 is 5.97 Å². The Hall–Kier alpha value is -3.47. The van der Waals surface area contributed by atoms with Gasteiger partial charge in [-0.05, 0) is 25.3 Å². The minimum atomic E-state index is -0.883. The maximum Gasteiger partial charge on any atom is 0.303 e. The fourth-order valence-corrected chi connectivity index (χ4v) is 3.66. The van der Waals surface area contributed by atoms with Gasteiger partial charge in [0.15, 0.2) is 0 Å². The lowest BCUT2D eigenvalue weighted by Gasteiger charge is -2.15. The van der Waals surface area contributed by atoms with Crippen molar-refractivity contribution < 1.29 is 19.4 Å². The van der Waals surface area contributed by atoms with Crippen molar-refractivity contribution in [2.45, 2.75) is 38.0 Å². The molecule has 30 heavy (non-hydrogen) atoms. The number of nitrogen functional groups attached to an aromatic ring is 1. The molecule has 3 aromatic heterocycles. The van der Waals surface area contributed by atoms with Gasteiger partial charge < -0.3 is 25.5 Å². The minimum Gasteiger partial charge on any atom is -0.481 e. The quantitative estimate of drug-likeness (QED) is 0.487. The number of nitrogens with two attached hydrogens (primary N) is 1. The van der Waals surface area contributed by atoms with Gasteiger partial charge in [0.2, 0.25) is 5.91 Å². The Balaban J connectivity index is 1.54. The third kappa shape index (κ3) is 3.83. The van der Waals surface area contributed by atoms with Crippen molar-refractivity contribution in [1.29, 1.82) is 0 Å². The first-order valence-corrected chi connectivity index (χ1v) is 9.70. The third-order valence-corrected chi connectivity index (χ3v) is 5.09. The molecule has 3 aromatic rings. The Morgan fingerprint density at radius 3 is 2.93 bits per heavy atom. The summed E-state index contributed by atoms with van der Waals surface area (Å²) in [7, 11) is 1.84. The average Bonchev–Trinajstić information content (AvgIpc) is 3.43. The zero-order valence-electron chi connectivity index (χ0n) is 16.5. The number of carboxylic acid groups (broad SMARTS) is 1. The highest BCUT2D eigenvalue weighted by atomic mass is 16.5. The molecule has 158 valence electrons. The summed E-state index contributed by atoms with van der Waals surface area (Å²) >= 11 is 0. The molecule has 1 fully saturated rings. The lowest BCUT2D eigenvalue weighted by atomic mass is 10.2. The molecule has 0 aromatic carbocycles. The first kappa shape index (κ1) is 19.8. The van der Waals surface area contributed by atoms with Crippen molar-refractivity contribution in [2.75, 3.05) is 12.3 Å². The molecule has 2 unspecified atom stereocenters. The van der Waals surface area contributed by atoms with Crippen LogP contribution in [0, 0.1) is 0 Å². The van der Waals surface area contributed by atoms with E-state index in [4.69, 9.17) is 15.6 Å². The van der Waals surface area contributed by atoms with Crippen LogP contribution in [-0.2, 0) is 21.4 Å². The second-order valence-corrected chi connectivity index (χ2v) is 7.23. The molecule has 4 rings (SSSR count). The zero-order chi connectivity index (χ0) is 21.3. The summed E-state index contributed by atoms with van der Waals surface area (Å²) in [6.07, 6.45) is 5.72. The van der Waals surface area contributed by atoms with Gasteiger partial charge in [0.1, 0.15) is 30.1 Å². The number of rotatable bonds is 7. The highest BCUT2D eigenvalue weighted by molar-refractivity contribution is 5.99. The maximum atomic E-state index is 12.4. The summed E-state index contributed by atoms with van der Waals surface area (Å²) < 4.78 is 9.57. The Bertz CT molecular complexity index is 1090. The monoisotopic (exact) mass is 413 g/mol. The third-order valence-electron chi connectivity index (χ3n) is 5.09. The van der Waals surface area contributed by atoms with Gasteiger partial charge in [0.25, 0.3) is 0 Å². The van der Waals surface area contributed by atoms with Crippen molar-refractivity contribution in [3.8, 4) is 11.3 Å². The van der Waals surface area contributed by atoms with Crippen LogP contribution in [0.3, 0.4) is 0 Å². The summed E-state index contributed by atoms with van der Waals surface area (Å²) in [4.78, 5) is 31.4. The lowest BCUT2D eigenvalue weighted by Crippen LogP contribution is -2.35. The van der Waals surface area contributed by atoms with Gasteiger partial charge in [-0.25, -0.2) is 9.97 Å². The van der Waals surface area contributed by atoms with E-state index < -0.39 is 12.1 Å². The van der Waals surface area contributed by atoms with Crippen molar-refractivity contribution in [3.63, 3.8) is 0 Å². The van der Waals surface area contributed by atoms with Crippen LogP contribution in [0.1, 0.15) is 31.9 Å². The smallest absolute Gasteiger partial charge is 0.303 e. The number of nitrogens with one attached hydrogen (secondary N) is 1. The fraction of sp³-hybridized carbons (Fsp3) is 0.421. The Morgan fingerprint density at radius 1 is 1.37 bits per heavy atom. The highest BCUT2D eigenvalue weighted by Crippen LogP contribution is 2.37. The van der Waals surface area contributed by atoms with E-state index in [-0.39, 0.29) is 18.6 Å². The fourth-order valence-electron chi connectivity index (χ4n) is 3.66. The van der Waals surface area contributed by atoms with Crippen molar-refractivity contribution >= 4 is 28.7 Å². The van der Waals surface area contributed by atoms with E-state index in [0.717, 1.165) is 11.3 Å². The molecule has 0 aliphatic carbocycles. The molecular formula is C19H23N7O4. The molecule has 0 spiro atoms. The van der Waals surface area contributed by atoms with Gasteiger partial charge in [-0.1, -0.05) is 0 Å². The molecule has 11 nitrogen and oxygen atoms in total. The molecular weight excluding hydrogens is 390 g/mol. The summed E-state index contributed by atoms with van der Waals surface area (Å²) in [5.74, 6) is -0.769. The number of carboxylic acids is 1. The van der Waals surface area contributed by atoms with Gasteiger partial charge in [0.05, 0.1) is 11.1 Å². The van der Waals surface area contributed by atoms with Crippen molar-refractivity contribution in [3.05, 3.63) is 24.8 Å². The van der Waals surface area contributed by atoms with E-state index in [2.05, 4.69) is 20.4 Å². The number of nitrogens with zero attached hydrogens (tertiary/aromatic N) is 5. The van der Waals surface area contributed by atoms with E-state index >= 15 is 0 Å². The predicted octanol–water partition coefficient (Wildman–Crippen LogP) is 1.07. The number of amides is 1. The molecule has 1 aliphatic rings. The largest absolute Gasteiger partial charge is 0.481 e. The molecule has 11 heteroatoms. The van der Waals surface area contributed by atoms with Crippen LogP contribution in [0.25, 0.3) is 22.3 Å². The van der Waals surface area contributed by atoms with E-state index in [9.17, 15) is 9.59 Å². The maximum absolute atomic E-state index is 12.4. The van der Waals surface area contributed by atoms with Crippen molar-refractivity contribution in [1.82, 2.24) is 29.6 Å². The molecule has 4 N–H and O–H groups in total. The Kier molecular flexibility index (Phi) is 5.36. The highest BCUT2D eigenvalue weighted by Gasteiger charge is 2.33. The topological polar surface area (TPSA) is 150 Å². The summed E-state index contributed by atoms with van der Waals surface area (Å²) in [5, 5.41) is 16.6. The van der Waals surface area contributed by atoms with E-state index in [0.29, 0.717) is 42.7 Å². The number of anilines is 1. The van der Waals surface area contributed by atoms with Crippen LogP contribution in [0.4, 0.5) is 5.82 Å². The molecule has 2 atom stereocenters. The number of aliphatic carboxylic acids is 1. The lowest BCUT2D eigenvalue weighted by molar-refractivity contribution is -0.138. The number of hydrogen-bond acceptors (Lipinski definition) is 7. The van der Waals surface area contributed by atoms with E-state index in [1.54, 1.807) is 4.68 Å². The number of fused-ring (bicyclic) bond motifs is 1. The summed E-state index contributed by atoms with van der Waals surface area (Å²) in [6, 6.07) is 1.88. The molecule has 1 saturated heterocycles. The Labute approximate surface area is 171 Å². The van der Waals surface area contributed by atoms with Crippen LogP contribution in [0.15, 0.2) is 24.8 Å². The van der Waals surface area contributed by atoms with E-state index in [1.165, 1.54) is 6.33 Å². The molecule has 1 amide bonds. The number of ether oxygens (including phenoxy) is 1. The Morgan fingerprint density at radius 2 is 2.20 bits per heavy atom. The summed E-state index contributed by atoms with van der Waals surface area (Å²) in [6.45, 7) is 0.301. The second-order valence-electron chi connectivity index (χ2n) is 7.23. The first-order valence-electron chi connectivity index (χ1n) is 9.70. The molecule has 0 radical (unpaired) electrons. The van der Waals surface area contributed by atoms with Gasteiger partial charge in [-0.15, -0.1) is 0 Å². The summed E-state index contributed by atoms with van der Waals surface area (Å²) in [5.41, 5.74) is 8.30. The normalized spacial score (nSPS) is 18.7. The number of aryl methyl sites for hydroxylation is 1. The van der Waals surface area contributed by atoms with Crippen LogP contribution in [-0.4, -0.2) is 53.9 Å². The van der Waals surface area contributed by atoms with E-state index in [1.807, 2.05) is 30.1 Å². The first-order chi connectivity index (χ1) is 14.4.